The predicted molar refractivity (Wildman–Crippen MR) is 50.8 cm³/mol. The van der Waals surface area contributed by atoms with E-state index >= 15 is 0 Å². The molecule has 2 atom stereocenters. The van der Waals surface area contributed by atoms with Crippen LogP contribution in [-0.2, 0) is 9.59 Å². The van der Waals surface area contributed by atoms with Gasteiger partial charge in [-0.15, -0.1) is 0 Å². The average Bonchev–Trinajstić information content (AvgIpc) is 2.15. The van der Waals surface area contributed by atoms with E-state index in [2.05, 4.69) is 10.6 Å². The van der Waals surface area contributed by atoms with Gasteiger partial charge >= 0.3 is 5.97 Å². The molecule has 0 bridgehead atoms. The zero-order valence-electron chi connectivity index (χ0n) is 8.25. The molecule has 1 aliphatic heterocycles. The van der Waals surface area contributed by atoms with Crippen LogP contribution in [0.5, 0.6) is 0 Å². The van der Waals surface area contributed by atoms with Gasteiger partial charge in [-0.2, -0.15) is 0 Å². The third-order valence-electron chi connectivity index (χ3n) is 2.45. The minimum atomic E-state index is -0.789. The Balaban J connectivity index is 2.22. The third kappa shape index (κ3) is 3.33. The second-order valence-corrected chi connectivity index (χ2v) is 3.68. The number of aliphatic carboxylic acids is 1. The number of piperidine rings is 1. The monoisotopic (exact) mass is 200 g/mol. The fourth-order valence-electron chi connectivity index (χ4n) is 1.59. The average molecular weight is 200 g/mol. The molecule has 1 saturated heterocycles. The first-order valence-corrected chi connectivity index (χ1v) is 4.80. The quantitative estimate of drug-likeness (QED) is 0.578. The maximum Gasteiger partial charge on any atom is 0.320 e. The van der Waals surface area contributed by atoms with Gasteiger partial charge in [-0.3, -0.25) is 9.59 Å². The molecule has 0 aromatic rings. The van der Waals surface area contributed by atoms with Crippen LogP contribution >= 0.6 is 0 Å². The van der Waals surface area contributed by atoms with Gasteiger partial charge in [-0.05, 0) is 18.8 Å². The van der Waals surface area contributed by atoms with Gasteiger partial charge in [0.15, 0.2) is 0 Å². The lowest BCUT2D eigenvalue weighted by molar-refractivity contribution is -0.140. The largest absolute Gasteiger partial charge is 0.480 e. The van der Waals surface area contributed by atoms with E-state index in [0.717, 1.165) is 6.42 Å². The highest BCUT2D eigenvalue weighted by molar-refractivity contribution is 5.73. The summed E-state index contributed by atoms with van der Waals surface area (Å²) in [5.41, 5.74) is 0. The smallest absolute Gasteiger partial charge is 0.320 e. The van der Waals surface area contributed by atoms with Crippen molar-refractivity contribution in [3.63, 3.8) is 0 Å². The van der Waals surface area contributed by atoms with Gasteiger partial charge in [0.1, 0.15) is 6.04 Å². The molecule has 0 aromatic heterocycles. The van der Waals surface area contributed by atoms with Crippen molar-refractivity contribution in [2.75, 3.05) is 13.1 Å². The van der Waals surface area contributed by atoms with Gasteiger partial charge in [-0.1, -0.05) is 0 Å². The molecule has 0 saturated carbocycles. The van der Waals surface area contributed by atoms with E-state index in [1.165, 1.54) is 6.92 Å². The van der Waals surface area contributed by atoms with E-state index in [0.29, 0.717) is 25.4 Å². The number of rotatable bonds is 3. The van der Waals surface area contributed by atoms with Crippen molar-refractivity contribution >= 4 is 11.9 Å². The number of amides is 1. The molecule has 5 nitrogen and oxygen atoms in total. The van der Waals surface area contributed by atoms with Crippen molar-refractivity contribution < 1.29 is 14.7 Å². The molecule has 0 radical (unpaired) electrons. The number of carboxylic acid groups (broad SMARTS) is 1. The minimum absolute atomic E-state index is 0.0367. The lowest BCUT2D eigenvalue weighted by Gasteiger charge is -2.27. The highest BCUT2D eigenvalue weighted by Gasteiger charge is 2.24. The second-order valence-electron chi connectivity index (χ2n) is 3.68. The maximum atomic E-state index is 10.6. The molecule has 3 N–H and O–H groups in total. The van der Waals surface area contributed by atoms with Crippen LogP contribution in [0.15, 0.2) is 0 Å². The Bertz CT molecular complexity index is 222. The van der Waals surface area contributed by atoms with Crippen LogP contribution in [0.2, 0.25) is 0 Å². The molecule has 0 aliphatic carbocycles. The topological polar surface area (TPSA) is 78.4 Å². The van der Waals surface area contributed by atoms with E-state index in [9.17, 15) is 9.59 Å². The Morgan fingerprint density at radius 3 is 2.64 bits per heavy atom. The summed E-state index contributed by atoms with van der Waals surface area (Å²) in [4.78, 5) is 21.2. The Morgan fingerprint density at radius 2 is 2.21 bits per heavy atom. The van der Waals surface area contributed by atoms with Crippen LogP contribution in [0.25, 0.3) is 0 Å². The minimum Gasteiger partial charge on any atom is -0.480 e. The van der Waals surface area contributed by atoms with E-state index in [-0.39, 0.29) is 5.91 Å². The highest BCUT2D eigenvalue weighted by atomic mass is 16.4. The van der Waals surface area contributed by atoms with Crippen molar-refractivity contribution in [1.29, 1.82) is 0 Å². The van der Waals surface area contributed by atoms with Crippen LogP contribution in [0.3, 0.4) is 0 Å². The first-order valence-electron chi connectivity index (χ1n) is 4.80. The lowest BCUT2D eigenvalue weighted by Crippen LogP contribution is -2.46. The third-order valence-corrected chi connectivity index (χ3v) is 2.45. The summed E-state index contributed by atoms with van der Waals surface area (Å²) in [5.74, 6) is -0.470. The Kier molecular flexibility index (Phi) is 3.88. The molecule has 0 spiro atoms. The van der Waals surface area contributed by atoms with Crippen LogP contribution < -0.4 is 10.6 Å². The molecule has 1 fully saturated rings. The normalized spacial score (nSPS) is 26.9. The maximum absolute atomic E-state index is 10.6. The molecule has 1 rings (SSSR count). The number of carbonyl (C=O) groups excluding carboxylic acids is 1. The highest BCUT2D eigenvalue weighted by Crippen LogP contribution is 2.13. The zero-order valence-corrected chi connectivity index (χ0v) is 8.25. The van der Waals surface area contributed by atoms with Crippen LogP contribution in [0.4, 0.5) is 0 Å². The van der Waals surface area contributed by atoms with Crippen molar-refractivity contribution in [2.24, 2.45) is 5.92 Å². The molecule has 5 heteroatoms. The Morgan fingerprint density at radius 1 is 1.50 bits per heavy atom. The molecule has 1 amide bonds. The van der Waals surface area contributed by atoms with E-state index in [4.69, 9.17) is 5.11 Å². The summed E-state index contributed by atoms with van der Waals surface area (Å²) in [5, 5.41) is 14.4. The molecular weight excluding hydrogens is 184 g/mol. The summed E-state index contributed by atoms with van der Waals surface area (Å²) in [7, 11) is 0. The van der Waals surface area contributed by atoms with Gasteiger partial charge in [0.25, 0.3) is 0 Å². The predicted octanol–water partition coefficient (Wildman–Crippen LogP) is -0.425. The molecule has 0 aromatic carbocycles. The molecule has 14 heavy (non-hydrogen) atoms. The molecule has 1 aliphatic rings. The van der Waals surface area contributed by atoms with Crippen molar-refractivity contribution in [1.82, 2.24) is 10.6 Å². The SMILES string of the molecule is CC(=O)NCC1CCC(C(=O)O)NC1. The standard InChI is InChI=1S/C9H16N2O3/c1-6(12)10-4-7-2-3-8(9(13)14)11-5-7/h7-8,11H,2-5H2,1H3,(H,10,12)(H,13,14). The first-order chi connectivity index (χ1) is 6.59. The van der Waals surface area contributed by atoms with Gasteiger partial charge < -0.3 is 15.7 Å². The molecular formula is C9H16N2O3. The summed E-state index contributed by atoms with van der Waals surface area (Å²) in [6, 6.07) is -0.413. The summed E-state index contributed by atoms with van der Waals surface area (Å²) in [6.45, 7) is 2.78. The molecule has 2 unspecified atom stereocenters. The number of carbonyl (C=O) groups is 2. The number of hydrogen-bond acceptors (Lipinski definition) is 3. The van der Waals surface area contributed by atoms with Gasteiger partial charge in [0.05, 0.1) is 0 Å². The Labute approximate surface area is 82.9 Å². The first kappa shape index (κ1) is 11.0. The lowest BCUT2D eigenvalue weighted by atomic mass is 9.95. The molecule has 1 heterocycles. The fourth-order valence-corrected chi connectivity index (χ4v) is 1.59. The summed E-state index contributed by atoms with van der Waals surface area (Å²) >= 11 is 0. The zero-order chi connectivity index (χ0) is 10.6. The van der Waals surface area contributed by atoms with E-state index < -0.39 is 12.0 Å². The number of nitrogens with one attached hydrogen (secondary N) is 2. The summed E-state index contributed by atoms with van der Waals surface area (Å²) in [6.07, 6.45) is 1.49. The fraction of sp³-hybridized carbons (Fsp3) is 0.778. The van der Waals surface area contributed by atoms with Crippen LogP contribution in [0.1, 0.15) is 19.8 Å². The van der Waals surface area contributed by atoms with Gasteiger partial charge in [-0.25, -0.2) is 0 Å². The number of carboxylic acids is 1. The van der Waals surface area contributed by atoms with Crippen LogP contribution in [-0.4, -0.2) is 36.1 Å². The van der Waals surface area contributed by atoms with Crippen molar-refractivity contribution in [2.45, 2.75) is 25.8 Å². The Hall–Kier alpha value is -1.10. The van der Waals surface area contributed by atoms with Crippen molar-refractivity contribution in [3.8, 4) is 0 Å². The van der Waals surface area contributed by atoms with E-state index in [1.54, 1.807) is 0 Å². The van der Waals surface area contributed by atoms with Crippen LogP contribution in [0, 0.1) is 5.92 Å². The second kappa shape index (κ2) is 4.95. The van der Waals surface area contributed by atoms with Gasteiger partial charge in [0.2, 0.25) is 5.91 Å². The molecule has 80 valence electrons. The van der Waals surface area contributed by atoms with Gasteiger partial charge in [0, 0.05) is 20.0 Å². The summed E-state index contributed by atoms with van der Waals surface area (Å²) < 4.78 is 0. The number of hydrogen-bond donors (Lipinski definition) is 3. The van der Waals surface area contributed by atoms with Crippen molar-refractivity contribution in [3.05, 3.63) is 0 Å². The van der Waals surface area contributed by atoms with E-state index in [1.807, 2.05) is 0 Å².